The average molecular weight is 461 g/mol. The maximum Gasteiger partial charge on any atom is 0.310 e. The number of carbonyl (C=O) groups is 1. The van der Waals surface area contributed by atoms with E-state index in [1.54, 1.807) is 56.6 Å². The van der Waals surface area contributed by atoms with Gasteiger partial charge in [0.1, 0.15) is 17.4 Å². The molecule has 0 saturated carbocycles. The van der Waals surface area contributed by atoms with Gasteiger partial charge < -0.3 is 14.4 Å². The van der Waals surface area contributed by atoms with Gasteiger partial charge in [0.2, 0.25) is 0 Å². The van der Waals surface area contributed by atoms with Crippen molar-refractivity contribution >= 4 is 42.5 Å². The van der Waals surface area contributed by atoms with Gasteiger partial charge in [-0.25, -0.2) is 13.4 Å². The molecule has 0 amide bonds. The van der Waals surface area contributed by atoms with Gasteiger partial charge in [-0.3, -0.25) is 4.79 Å². The molecular formula is C22H24N2O5S2. The van der Waals surface area contributed by atoms with E-state index in [-0.39, 0.29) is 23.4 Å². The molecule has 1 saturated heterocycles. The summed E-state index contributed by atoms with van der Waals surface area (Å²) in [5.74, 6) is 0.422. The second kappa shape index (κ2) is 8.47. The van der Waals surface area contributed by atoms with Gasteiger partial charge in [-0.15, -0.1) is 0 Å². The molecule has 0 atom stereocenters. The summed E-state index contributed by atoms with van der Waals surface area (Å²) in [5.41, 5.74) is 1.57. The topological polar surface area (TPSA) is 85.8 Å². The van der Waals surface area contributed by atoms with Crippen molar-refractivity contribution in [3.05, 3.63) is 48.0 Å². The number of ether oxygens (including phenoxy) is 2. The van der Waals surface area contributed by atoms with Crippen LogP contribution in [0.25, 0.3) is 10.2 Å². The van der Waals surface area contributed by atoms with Gasteiger partial charge in [-0.05, 0) is 43.7 Å². The highest BCUT2D eigenvalue weighted by atomic mass is 32.2. The van der Waals surface area contributed by atoms with Gasteiger partial charge in [0.05, 0.1) is 41.5 Å². The number of esters is 1. The van der Waals surface area contributed by atoms with E-state index in [1.165, 1.54) is 0 Å². The lowest BCUT2D eigenvalue weighted by Crippen LogP contribution is -2.53. The van der Waals surface area contributed by atoms with Gasteiger partial charge in [-0.2, -0.15) is 0 Å². The van der Waals surface area contributed by atoms with Crippen LogP contribution in [-0.2, 0) is 25.8 Å². The fourth-order valence-corrected chi connectivity index (χ4v) is 5.40. The van der Waals surface area contributed by atoms with E-state index in [2.05, 4.69) is 9.88 Å². The van der Waals surface area contributed by atoms with Crippen molar-refractivity contribution < 1.29 is 22.7 Å². The first-order valence-corrected chi connectivity index (χ1v) is 12.3. The van der Waals surface area contributed by atoms with E-state index >= 15 is 0 Å². The highest BCUT2D eigenvalue weighted by molar-refractivity contribution is 7.92. The number of carbonyl (C=O) groups excluding carboxylic acids is 1. The van der Waals surface area contributed by atoms with Crippen LogP contribution >= 0.6 is 11.3 Å². The molecule has 0 radical (unpaired) electrons. The third kappa shape index (κ3) is 4.38. The van der Waals surface area contributed by atoms with E-state index in [1.807, 2.05) is 18.2 Å². The van der Waals surface area contributed by atoms with Crippen molar-refractivity contribution in [1.29, 1.82) is 0 Å². The predicted molar refractivity (Wildman–Crippen MR) is 121 cm³/mol. The molecule has 1 fully saturated rings. The first kappa shape index (κ1) is 21.6. The Morgan fingerprint density at radius 1 is 1.19 bits per heavy atom. The molecule has 0 N–H and O–H groups in total. The van der Waals surface area contributed by atoms with E-state index < -0.39 is 15.1 Å². The molecule has 9 heteroatoms. The van der Waals surface area contributed by atoms with Crippen LogP contribution in [0.2, 0.25) is 0 Å². The molecule has 3 aromatic rings. The molecule has 4 rings (SSSR count). The van der Waals surface area contributed by atoms with Gasteiger partial charge in [0.15, 0.2) is 15.0 Å². The fourth-order valence-electron chi connectivity index (χ4n) is 3.34. The van der Waals surface area contributed by atoms with Crippen LogP contribution in [-0.4, -0.2) is 50.9 Å². The Morgan fingerprint density at radius 3 is 2.55 bits per heavy atom. The van der Waals surface area contributed by atoms with Crippen molar-refractivity contribution in [2.24, 2.45) is 0 Å². The Kier molecular flexibility index (Phi) is 5.90. The first-order chi connectivity index (χ1) is 14.8. The Bertz CT molecular complexity index is 1200. The smallest absolute Gasteiger partial charge is 0.310 e. The van der Waals surface area contributed by atoms with E-state index in [0.29, 0.717) is 13.1 Å². The van der Waals surface area contributed by atoms with E-state index in [0.717, 1.165) is 26.7 Å². The third-order valence-corrected chi connectivity index (χ3v) is 8.48. The number of nitrogens with zero attached hydrogens (tertiary/aromatic N) is 2. The molecule has 7 nitrogen and oxygen atoms in total. The SMILES string of the molecule is COc1cccc2sc(N3CC(OC(=O)Cc4ccc(S(=O)(=O)C(C)C)cc4)C3)nc12. The standard InChI is InChI=1S/C22H24N2O5S2/c1-14(2)31(26,27)17-9-7-15(8-10-17)11-20(25)29-16-12-24(13-16)22-23-21-18(28-3)5-4-6-19(21)30-22/h4-10,14,16H,11-13H2,1-3H3. The van der Waals surface area contributed by atoms with Crippen LogP contribution in [0, 0.1) is 0 Å². The molecule has 31 heavy (non-hydrogen) atoms. The Labute approximate surface area is 185 Å². The van der Waals surface area contributed by atoms with Crippen molar-refractivity contribution in [2.45, 2.75) is 36.5 Å². The Morgan fingerprint density at radius 2 is 1.90 bits per heavy atom. The molecule has 1 aromatic heterocycles. The average Bonchev–Trinajstić information content (AvgIpc) is 3.14. The number of hydrogen-bond acceptors (Lipinski definition) is 8. The number of anilines is 1. The van der Waals surface area contributed by atoms with Crippen molar-refractivity contribution in [3.8, 4) is 5.75 Å². The largest absolute Gasteiger partial charge is 0.494 e. The number of benzene rings is 2. The number of fused-ring (bicyclic) bond motifs is 1. The highest BCUT2D eigenvalue weighted by Gasteiger charge is 2.32. The Balaban J connectivity index is 1.31. The van der Waals surface area contributed by atoms with Gasteiger partial charge in [0.25, 0.3) is 0 Å². The van der Waals surface area contributed by atoms with Crippen LogP contribution in [0.3, 0.4) is 0 Å². The fraction of sp³-hybridized carbons (Fsp3) is 0.364. The summed E-state index contributed by atoms with van der Waals surface area (Å²) in [6, 6.07) is 12.3. The maximum absolute atomic E-state index is 12.3. The summed E-state index contributed by atoms with van der Waals surface area (Å²) >= 11 is 1.58. The van der Waals surface area contributed by atoms with E-state index in [4.69, 9.17) is 9.47 Å². The summed E-state index contributed by atoms with van der Waals surface area (Å²) in [5, 5.41) is 0.398. The van der Waals surface area contributed by atoms with Crippen LogP contribution in [0.4, 0.5) is 5.13 Å². The van der Waals surface area contributed by atoms with Crippen molar-refractivity contribution in [2.75, 3.05) is 25.1 Å². The number of aromatic nitrogens is 1. The third-order valence-electron chi connectivity index (χ3n) is 5.23. The molecule has 1 aliphatic heterocycles. The molecule has 0 aliphatic carbocycles. The summed E-state index contributed by atoms with van der Waals surface area (Å²) in [6.45, 7) is 4.49. The molecule has 2 heterocycles. The monoisotopic (exact) mass is 460 g/mol. The normalized spacial score (nSPS) is 14.6. The van der Waals surface area contributed by atoms with Crippen LogP contribution in [0.15, 0.2) is 47.4 Å². The lowest BCUT2D eigenvalue weighted by atomic mass is 10.1. The highest BCUT2D eigenvalue weighted by Crippen LogP contribution is 2.36. The summed E-state index contributed by atoms with van der Waals surface area (Å²) in [4.78, 5) is 19.3. The first-order valence-electron chi connectivity index (χ1n) is 9.98. The molecule has 0 unspecified atom stereocenters. The number of thiazole rings is 1. The number of methoxy groups -OCH3 is 1. The second-order valence-corrected chi connectivity index (χ2v) is 11.2. The summed E-state index contributed by atoms with van der Waals surface area (Å²) in [7, 11) is -1.69. The zero-order chi connectivity index (χ0) is 22.2. The van der Waals surface area contributed by atoms with Crippen LogP contribution in [0.1, 0.15) is 19.4 Å². The van der Waals surface area contributed by atoms with E-state index in [9.17, 15) is 13.2 Å². The lowest BCUT2D eigenvalue weighted by Gasteiger charge is -2.38. The quantitative estimate of drug-likeness (QED) is 0.499. The zero-order valence-electron chi connectivity index (χ0n) is 17.6. The number of sulfone groups is 1. The zero-order valence-corrected chi connectivity index (χ0v) is 19.2. The molecule has 1 aliphatic rings. The maximum atomic E-state index is 12.3. The minimum absolute atomic E-state index is 0.108. The molecular weight excluding hydrogens is 436 g/mol. The minimum atomic E-state index is -3.32. The second-order valence-electron chi connectivity index (χ2n) is 7.73. The van der Waals surface area contributed by atoms with Crippen LogP contribution < -0.4 is 9.64 Å². The van der Waals surface area contributed by atoms with Crippen LogP contribution in [0.5, 0.6) is 5.75 Å². The van der Waals surface area contributed by atoms with Gasteiger partial charge in [-0.1, -0.05) is 29.5 Å². The van der Waals surface area contributed by atoms with Crippen molar-refractivity contribution in [3.63, 3.8) is 0 Å². The van der Waals surface area contributed by atoms with Crippen molar-refractivity contribution in [1.82, 2.24) is 4.98 Å². The molecule has 0 spiro atoms. The predicted octanol–water partition coefficient (Wildman–Crippen LogP) is 3.46. The molecule has 164 valence electrons. The minimum Gasteiger partial charge on any atom is -0.494 e. The number of para-hydroxylation sites is 1. The number of rotatable bonds is 7. The molecule has 2 aromatic carbocycles. The van der Waals surface area contributed by atoms with Gasteiger partial charge in [0, 0.05) is 0 Å². The molecule has 0 bridgehead atoms. The number of hydrogen-bond donors (Lipinski definition) is 0. The summed E-state index contributed by atoms with van der Waals surface area (Å²) in [6.07, 6.45) is -0.0707. The summed E-state index contributed by atoms with van der Waals surface area (Å²) < 4.78 is 36.3. The lowest BCUT2D eigenvalue weighted by molar-refractivity contribution is -0.149. The van der Waals surface area contributed by atoms with Gasteiger partial charge >= 0.3 is 5.97 Å². The Hall–Kier alpha value is -2.65.